The molecule has 1 heterocycles. The van der Waals surface area contributed by atoms with Gasteiger partial charge in [-0.3, -0.25) is 52.7 Å². The normalized spacial score (nSPS) is 13.0. The van der Waals surface area contributed by atoms with Crippen molar-refractivity contribution >= 4 is 97.1 Å². The van der Waals surface area contributed by atoms with E-state index in [2.05, 4.69) is 6.58 Å². The summed E-state index contributed by atoms with van der Waals surface area (Å²) in [4.78, 5) is 143. The van der Waals surface area contributed by atoms with Crippen LogP contribution in [0.2, 0.25) is 37.8 Å². The quantitative estimate of drug-likeness (QED) is 0.0136. The minimum atomic E-state index is -2.01. The summed E-state index contributed by atoms with van der Waals surface area (Å²) in [7, 11) is 16.3. The van der Waals surface area contributed by atoms with E-state index in [1.807, 2.05) is 246 Å². The highest BCUT2D eigenvalue weighted by Crippen LogP contribution is 2.29. The van der Waals surface area contributed by atoms with Crippen molar-refractivity contribution in [3.8, 4) is 0 Å². The monoisotopic (exact) mass is 2120 g/mol. The first kappa shape index (κ1) is 158. The predicted octanol–water partition coefficient (Wildman–Crippen LogP) is 21.3. The number of rotatable bonds is 57. The molecule has 4 amide bonds. The van der Waals surface area contributed by atoms with E-state index < -0.39 is 37.1 Å². The molecule has 36 heteroatoms. The first-order chi connectivity index (χ1) is 66.3. The van der Waals surface area contributed by atoms with Crippen molar-refractivity contribution in [1.29, 1.82) is 0 Å². The van der Waals surface area contributed by atoms with E-state index in [0.717, 1.165) is 134 Å². The second kappa shape index (κ2) is 87.4. The summed E-state index contributed by atoms with van der Waals surface area (Å²) in [5.41, 5.74) is -2.35. The van der Waals surface area contributed by atoms with Crippen LogP contribution < -0.4 is 0 Å². The summed E-state index contributed by atoms with van der Waals surface area (Å²) in [6, 6.07) is 2.50. The van der Waals surface area contributed by atoms with Crippen molar-refractivity contribution < 1.29 is 136 Å². The van der Waals surface area contributed by atoms with E-state index in [1.165, 1.54) is 0 Å². The van der Waals surface area contributed by atoms with E-state index in [0.29, 0.717) is 77.6 Å². The Labute approximate surface area is 881 Å². The van der Waals surface area contributed by atoms with Crippen LogP contribution >= 0.6 is 0 Å². The van der Waals surface area contributed by atoms with Crippen LogP contribution in [-0.4, -0.2) is 307 Å². The van der Waals surface area contributed by atoms with Crippen LogP contribution in [0.25, 0.3) is 0 Å². The first-order valence-electron chi connectivity index (χ1n) is 52.3. The van der Waals surface area contributed by atoms with Crippen LogP contribution in [0.5, 0.6) is 0 Å². The summed E-state index contributed by atoms with van der Waals surface area (Å²) in [6.45, 7) is 80.2. The van der Waals surface area contributed by atoms with Crippen LogP contribution in [0.15, 0.2) is 12.2 Å². The molecule has 0 spiro atoms. The Hall–Kier alpha value is -6.33. The molecule has 33 nitrogen and oxygen atoms in total. The SMILES string of the molecule is C=C(C)C(=O)OCCOC(=O)C(C)(C)CC.CCC(C)(C)C(=O)OCCCCOCC1CO1.CCC(C)(C)C(=O)OCCC[Si](C)(OC)OC.CCC(C)(C)C(=O)OCCC[Si](C)(OC)OC.CCC(C)(C)C(=O)OCCC[Si](C)(OC)OC.CCC(C)(C)C(=O)OCCOC.CCC(C)C(=O)N(C)C.CCC(C)C(=O)N(C)C.CCC(C)C(=O)N(C)C.CCC(C)C(=O)N(CC)CC.CCOC(=O)C(C)(C)CC. The topological polar surface area (TPSA) is 378 Å². The predicted molar refractivity (Wildman–Crippen MR) is 585 cm³/mol. The number of epoxide rings is 1. The molecule has 0 aliphatic carbocycles. The molecular weight excluding hydrogens is 1900 g/mol. The molecule has 0 saturated carbocycles. The van der Waals surface area contributed by atoms with Crippen LogP contribution in [0.1, 0.15) is 331 Å². The minimum Gasteiger partial charge on any atom is -0.466 e. The number of ether oxygens (including phenoxy) is 11. The first-order valence-corrected chi connectivity index (χ1v) is 59.8. The van der Waals surface area contributed by atoms with Gasteiger partial charge in [-0.05, 0) is 265 Å². The Kier molecular flexibility index (Phi) is 95.7. The fourth-order valence-electron chi connectivity index (χ4n) is 9.37. The summed E-state index contributed by atoms with van der Waals surface area (Å²) >= 11 is 0. The smallest absolute Gasteiger partial charge is 0.334 e. The molecule has 0 aromatic carbocycles. The third-order valence-corrected chi connectivity index (χ3v) is 34.5. The lowest BCUT2D eigenvalue weighted by Gasteiger charge is -2.23. The minimum absolute atomic E-state index is 0.0667. The van der Waals surface area contributed by atoms with Gasteiger partial charge in [-0.25, -0.2) is 4.79 Å². The van der Waals surface area contributed by atoms with Crippen LogP contribution in [0, 0.1) is 61.6 Å². The molecule has 5 atom stereocenters. The lowest BCUT2D eigenvalue weighted by atomic mass is 9.91. The van der Waals surface area contributed by atoms with Crippen molar-refractivity contribution in [2.75, 3.05) is 184 Å². The second-order valence-corrected chi connectivity index (χ2v) is 52.0. The fourth-order valence-corrected chi connectivity index (χ4v) is 13.5. The molecule has 0 N–H and O–H groups in total. The van der Waals surface area contributed by atoms with E-state index in [1.54, 1.807) is 114 Å². The second-order valence-electron chi connectivity index (χ2n) is 41.2. The number of esters is 8. The Morgan fingerprint density at radius 3 is 0.715 bits per heavy atom. The summed E-state index contributed by atoms with van der Waals surface area (Å²) in [6.07, 6.45) is 13.7. The highest BCUT2D eigenvalue weighted by molar-refractivity contribution is 6.66. The third kappa shape index (κ3) is 80.6. The zero-order chi connectivity index (χ0) is 115. The maximum absolute atomic E-state index is 11.7. The van der Waals surface area contributed by atoms with E-state index >= 15 is 0 Å². The van der Waals surface area contributed by atoms with Gasteiger partial charge in [0, 0.05) is 141 Å². The summed E-state index contributed by atoms with van der Waals surface area (Å²) in [5, 5.41) is 0. The highest BCUT2D eigenvalue weighted by atomic mass is 28.4. The molecule has 0 aromatic rings. The largest absolute Gasteiger partial charge is 0.466 e. The molecule has 1 aliphatic heterocycles. The van der Waals surface area contributed by atoms with Gasteiger partial charge in [0.2, 0.25) is 23.6 Å². The summed E-state index contributed by atoms with van der Waals surface area (Å²) < 4.78 is 87.9. The zero-order valence-corrected chi connectivity index (χ0v) is 104. The van der Waals surface area contributed by atoms with Crippen LogP contribution in [-0.2, 0) is 136 Å². The van der Waals surface area contributed by atoms with E-state index in [-0.39, 0.29) is 135 Å². The van der Waals surface area contributed by atoms with Crippen LogP contribution in [0.3, 0.4) is 0 Å². The molecule has 5 unspecified atom stereocenters. The number of nitrogens with zero attached hydrogens (tertiary/aromatic N) is 4. The number of hydrogen-bond acceptors (Lipinski definition) is 29. The molecular formula is C108H220N4O29Si3. The fraction of sp³-hybridized carbons (Fsp3) is 0.870. The van der Waals surface area contributed by atoms with Gasteiger partial charge in [-0.15, -0.1) is 0 Å². The maximum atomic E-state index is 11.7. The number of methoxy groups -OCH3 is 1. The van der Waals surface area contributed by atoms with Crippen molar-refractivity contribution in [1.82, 2.24) is 19.6 Å². The standard InChI is InChI=1S/C13H24O4.3C12H26O4Si.C12H20O4.C9H19NO.C9H18O3.C8H16O2.3C7H15NO/c1-4-13(2,3)12(14)16-8-6-5-7-15-9-11-10-17-11;3*1-7-12(2,3)11(13)16-9-8-10-17(6,14-4)15-5;1-6-12(4,5)11(14)16-8-7-15-10(13)9(2)3;1-5-8(4)9(11)10(6-2)7-3;1-5-9(2,3)8(10)12-7-6-11-4;1-5-8(3,4)7(9)10-6-2;3*1-5-6(2)7(9)8(3)4/h11H,4-10H2,1-3H3;3*7-10H2,1-6H3;2,6-8H2,1,3-5H3;8H,5-7H2,1-4H3;5-7H2,1-4H3;5-6H2,1-4H3;3*6H,5H2,1-4H3. The molecule has 0 bridgehead atoms. The molecule has 1 fully saturated rings. The van der Waals surface area contributed by atoms with Gasteiger partial charge >= 0.3 is 73.4 Å². The van der Waals surface area contributed by atoms with Gasteiger partial charge in [0.15, 0.2) is 0 Å². The molecule has 144 heavy (non-hydrogen) atoms. The lowest BCUT2D eigenvalue weighted by molar-refractivity contribution is -0.158. The Bertz CT molecular complexity index is 3190. The lowest BCUT2D eigenvalue weighted by Crippen LogP contribution is -2.36. The average molecular weight is 2120 g/mol. The van der Waals surface area contributed by atoms with Gasteiger partial charge in [-0.2, -0.15) is 0 Å². The average Bonchev–Trinajstić information content (AvgIpc) is 0.885. The molecule has 0 aromatic heterocycles. The number of carbonyl (C=O) groups excluding carboxylic acids is 12. The molecule has 1 aliphatic rings. The van der Waals surface area contributed by atoms with E-state index in [4.69, 9.17) is 78.7 Å². The Morgan fingerprint density at radius 1 is 0.319 bits per heavy atom. The van der Waals surface area contributed by atoms with Gasteiger partial charge in [0.05, 0.1) is 90.8 Å². The molecule has 858 valence electrons. The molecule has 1 rings (SSSR count). The maximum Gasteiger partial charge on any atom is 0.334 e. The van der Waals surface area contributed by atoms with Crippen molar-refractivity contribution in [2.45, 2.75) is 375 Å². The number of hydrogen-bond donors (Lipinski definition) is 0. The van der Waals surface area contributed by atoms with Crippen molar-refractivity contribution in [3.63, 3.8) is 0 Å². The highest BCUT2D eigenvalue weighted by Gasteiger charge is 2.36. The number of amides is 4. The molecule has 0 radical (unpaired) electrons. The van der Waals surface area contributed by atoms with Gasteiger partial charge in [-0.1, -0.05) is 110 Å². The third-order valence-electron chi connectivity index (χ3n) is 25.5. The zero-order valence-electron chi connectivity index (χ0n) is 101. The number of carbonyl (C=O) groups is 12. The number of unbranched alkanes of at least 4 members (excludes halogenated alkanes) is 1. The van der Waals surface area contributed by atoms with Gasteiger partial charge in [0.25, 0.3) is 0 Å². The summed E-state index contributed by atoms with van der Waals surface area (Å²) in [5.74, 6) is 0.202. The van der Waals surface area contributed by atoms with Crippen molar-refractivity contribution in [3.05, 3.63) is 12.2 Å². The van der Waals surface area contributed by atoms with Crippen molar-refractivity contribution in [2.24, 2.45) is 61.6 Å². The Morgan fingerprint density at radius 2 is 0.528 bits per heavy atom. The Balaban J connectivity index is -0.000000173. The molecule has 1 saturated heterocycles. The van der Waals surface area contributed by atoms with Crippen LogP contribution in [0.4, 0.5) is 0 Å². The van der Waals surface area contributed by atoms with Gasteiger partial charge < -0.3 is 98.3 Å². The van der Waals surface area contributed by atoms with Gasteiger partial charge in [0.1, 0.15) is 25.9 Å². The van der Waals surface area contributed by atoms with E-state index in [9.17, 15) is 57.5 Å².